The first kappa shape index (κ1) is 22.3. The molecule has 2 aromatic rings. The van der Waals surface area contributed by atoms with Crippen molar-refractivity contribution in [1.82, 2.24) is 0 Å². The Bertz CT molecular complexity index is 1110. The molecule has 1 amide bonds. The van der Waals surface area contributed by atoms with Crippen molar-refractivity contribution < 1.29 is 23.0 Å². The van der Waals surface area contributed by atoms with Gasteiger partial charge in [0.25, 0.3) is 0 Å². The summed E-state index contributed by atoms with van der Waals surface area (Å²) >= 11 is 6.07. The van der Waals surface area contributed by atoms with E-state index in [1.54, 1.807) is 0 Å². The summed E-state index contributed by atoms with van der Waals surface area (Å²) in [6.07, 6.45) is 1.88. The van der Waals surface area contributed by atoms with E-state index < -0.39 is 17.8 Å². The van der Waals surface area contributed by atoms with Crippen LogP contribution in [-0.2, 0) is 16.6 Å². The highest BCUT2D eigenvalue weighted by Crippen LogP contribution is 2.53. The average molecular weight is 477 g/mol. The van der Waals surface area contributed by atoms with Gasteiger partial charge in [-0.25, -0.2) is 4.39 Å². The van der Waals surface area contributed by atoms with Gasteiger partial charge >= 0.3 is 6.54 Å². The molecule has 5 nitrogen and oxygen atoms in total. The van der Waals surface area contributed by atoms with Crippen molar-refractivity contribution in [3.05, 3.63) is 47.3 Å². The third kappa shape index (κ3) is 3.70. The number of anilines is 2. The van der Waals surface area contributed by atoms with Crippen LogP contribution < -0.4 is 19.7 Å². The Hall–Kier alpha value is -2.54. The molecular weight excluding hydrogens is 450 g/mol. The molecule has 2 unspecified atom stereocenters. The summed E-state index contributed by atoms with van der Waals surface area (Å²) in [4.78, 5) is 15.6. The molecule has 2 aliphatic heterocycles. The maximum Gasteiger partial charge on any atom is 0.397 e. The number of fused-ring (bicyclic) bond motifs is 2. The zero-order chi connectivity index (χ0) is 23.5. The number of rotatable bonds is 5. The van der Waals surface area contributed by atoms with Gasteiger partial charge in [0.1, 0.15) is 0 Å². The van der Waals surface area contributed by atoms with Crippen LogP contribution in [0.2, 0.25) is 0 Å². The second kappa shape index (κ2) is 7.76. The summed E-state index contributed by atoms with van der Waals surface area (Å²) in [7, 11) is 0. The Morgan fingerprint density at radius 2 is 2.00 bits per heavy atom. The number of halogens is 3. The summed E-state index contributed by atoms with van der Waals surface area (Å²) in [5, 5.41) is 2.98. The smallest absolute Gasteiger partial charge is 0.397 e. The predicted molar refractivity (Wildman–Crippen MR) is 124 cm³/mol. The SMILES string of the molecule is CC(C)(C)C1Cc2cc(NC(=O)C3(c4ccc5c(c4F)OC(F)O5)CC3)ccc2N1CCCl. The fraction of sp³-hybridized carbons (Fsp3) is 0.480. The second-order valence-electron chi connectivity index (χ2n) is 10.1. The molecule has 8 heteroatoms. The van der Waals surface area contributed by atoms with Crippen molar-refractivity contribution >= 4 is 28.9 Å². The third-order valence-electron chi connectivity index (χ3n) is 6.95. The summed E-state index contributed by atoms with van der Waals surface area (Å²) in [6.45, 7) is 5.38. The van der Waals surface area contributed by atoms with E-state index in [4.69, 9.17) is 21.1 Å². The van der Waals surface area contributed by atoms with Gasteiger partial charge < -0.3 is 19.7 Å². The highest BCUT2D eigenvalue weighted by atomic mass is 35.5. The molecule has 33 heavy (non-hydrogen) atoms. The van der Waals surface area contributed by atoms with Crippen LogP contribution in [0.15, 0.2) is 30.3 Å². The zero-order valence-electron chi connectivity index (χ0n) is 18.9. The first-order valence-corrected chi connectivity index (χ1v) is 11.7. The van der Waals surface area contributed by atoms with E-state index in [0.29, 0.717) is 30.5 Å². The van der Waals surface area contributed by atoms with Gasteiger partial charge in [-0.1, -0.05) is 26.8 Å². The number of amides is 1. The van der Waals surface area contributed by atoms with Crippen molar-refractivity contribution in [1.29, 1.82) is 0 Å². The van der Waals surface area contributed by atoms with Crippen LogP contribution in [0, 0.1) is 11.2 Å². The van der Waals surface area contributed by atoms with E-state index in [1.807, 2.05) is 18.2 Å². The van der Waals surface area contributed by atoms with Gasteiger partial charge in [0.2, 0.25) is 11.7 Å². The average Bonchev–Trinajstić information content (AvgIpc) is 3.33. The minimum atomic E-state index is -2.03. The molecule has 1 aliphatic carbocycles. The maximum atomic E-state index is 15.1. The molecule has 0 bridgehead atoms. The number of benzene rings is 2. The zero-order valence-corrected chi connectivity index (χ0v) is 19.6. The molecule has 3 aliphatic rings. The number of ether oxygens (including phenoxy) is 2. The number of nitrogens with zero attached hydrogens (tertiary/aromatic N) is 1. The van der Waals surface area contributed by atoms with Gasteiger partial charge in [-0.15, -0.1) is 11.6 Å². The summed E-state index contributed by atoms with van der Waals surface area (Å²) in [6, 6.07) is 9.15. The Kier molecular flexibility index (Phi) is 5.23. The number of hydrogen-bond donors (Lipinski definition) is 1. The summed E-state index contributed by atoms with van der Waals surface area (Å²) in [5.41, 5.74) is 2.26. The van der Waals surface area contributed by atoms with Crippen LogP contribution in [-0.4, -0.2) is 30.9 Å². The van der Waals surface area contributed by atoms with E-state index in [-0.39, 0.29) is 28.4 Å². The Balaban J connectivity index is 1.38. The van der Waals surface area contributed by atoms with Crippen LogP contribution >= 0.6 is 11.6 Å². The molecule has 0 radical (unpaired) electrons. The van der Waals surface area contributed by atoms with E-state index in [0.717, 1.165) is 24.2 Å². The lowest BCUT2D eigenvalue weighted by atomic mass is 9.84. The minimum absolute atomic E-state index is 0.00785. The Morgan fingerprint density at radius 3 is 2.67 bits per heavy atom. The molecule has 2 aromatic carbocycles. The molecule has 2 atom stereocenters. The highest BCUT2D eigenvalue weighted by Gasteiger charge is 2.54. The molecule has 2 heterocycles. The standard InChI is InChI=1S/C25H27ClF2N2O3/c1-24(2,3)19-13-14-12-15(4-6-17(14)30(19)11-10-26)29-22(31)25(8-9-25)16-5-7-18-21(20(16)27)33-23(28)32-18/h4-7,12,19,23H,8-11,13H2,1-3H3,(H,29,31). The fourth-order valence-electron chi connectivity index (χ4n) is 5.06. The number of nitrogens with one attached hydrogen (secondary N) is 1. The molecule has 176 valence electrons. The third-order valence-corrected chi connectivity index (χ3v) is 7.12. The highest BCUT2D eigenvalue weighted by molar-refractivity contribution is 6.18. The minimum Gasteiger partial charge on any atom is -0.425 e. The first-order valence-electron chi connectivity index (χ1n) is 11.2. The monoisotopic (exact) mass is 476 g/mol. The van der Waals surface area contributed by atoms with Crippen molar-refractivity contribution in [2.75, 3.05) is 22.6 Å². The molecule has 1 saturated carbocycles. The van der Waals surface area contributed by atoms with E-state index in [1.165, 1.54) is 12.1 Å². The second-order valence-corrected chi connectivity index (χ2v) is 10.5. The number of hydrogen-bond acceptors (Lipinski definition) is 4. The lowest BCUT2D eigenvalue weighted by molar-refractivity contribution is -0.118. The van der Waals surface area contributed by atoms with Crippen molar-refractivity contribution in [2.24, 2.45) is 5.41 Å². The predicted octanol–water partition coefficient (Wildman–Crippen LogP) is 5.54. The van der Waals surface area contributed by atoms with Crippen LogP contribution in [0.5, 0.6) is 11.5 Å². The summed E-state index contributed by atoms with van der Waals surface area (Å²) in [5.74, 6) is -0.742. The largest absolute Gasteiger partial charge is 0.425 e. The first-order chi connectivity index (χ1) is 15.6. The quantitative estimate of drug-likeness (QED) is 0.576. The van der Waals surface area contributed by atoms with Gasteiger partial charge in [0.15, 0.2) is 11.6 Å². The number of alkyl halides is 2. The van der Waals surface area contributed by atoms with Crippen LogP contribution in [0.25, 0.3) is 0 Å². The number of carbonyl (C=O) groups excluding carboxylic acids is 1. The molecular formula is C25H27ClF2N2O3. The molecule has 1 N–H and O–H groups in total. The van der Waals surface area contributed by atoms with Crippen LogP contribution in [0.4, 0.5) is 20.2 Å². The van der Waals surface area contributed by atoms with Crippen molar-refractivity contribution in [2.45, 2.75) is 58.0 Å². The lowest BCUT2D eigenvalue weighted by Gasteiger charge is -2.36. The van der Waals surface area contributed by atoms with E-state index in [9.17, 15) is 9.18 Å². The molecule has 5 rings (SSSR count). The van der Waals surface area contributed by atoms with Crippen molar-refractivity contribution in [3.8, 4) is 11.5 Å². The van der Waals surface area contributed by atoms with Gasteiger partial charge in [-0.3, -0.25) is 4.79 Å². The molecule has 0 saturated heterocycles. The molecule has 0 spiro atoms. The van der Waals surface area contributed by atoms with Gasteiger partial charge in [0, 0.05) is 35.4 Å². The molecule has 1 fully saturated rings. The Morgan fingerprint density at radius 1 is 1.24 bits per heavy atom. The normalized spacial score (nSPS) is 22.3. The Labute approximate surface area is 197 Å². The van der Waals surface area contributed by atoms with Crippen LogP contribution in [0.1, 0.15) is 44.7 Å². The van der Waals surface area contributed by atoms with E-state index in [2.05, 4.69) is 31.0 Å². The van der Waals surface area contributed by atoms with Gasteiger partial charge in [-0.2, -0.15) is 4.39 Å². The van der Waals surface area contributed by atoms with Crippen LogP contribution in [0.3, 0.4) is 0 Å². The fourth-order valence-corrected chi connectivity index (χ4v) is 5.24. The molecule has 0 aromatic heterocycles. The van der Waals surface area contributed by atoms with Gasteiger partial charge in [-0.05, 0) is 54.5 Å². The maximum absolute atomic E-state index is 15.1. The van der Waals surface area contributed by atoms with E-state index >= 15 is 4.39 Å². The topological polar surface area (TPSA) is 50.8 Å². The van der Waals surface area contributed by atoms with Crippen molar-refractivity contribution in [3.63, 3.8) is 0 Å². The summed E-state index contributed by atoms with van der Waals surface area (Å²) < 4.78 is 38.0. The lowest BCUT2D eigenvalue weighted by Crippen LogP contribution is -2.42. The van der Waals surface area contributed by atoms with Gasteiger partial charge in [0.05, 0.1) is 5.41 Å². The number of carbonyl (C=O) groups is 1.